The first kappa shape index (κ1) is 11.4. The molecule has 0 saturated carbocycles. The largest absolute Gasteiger partial charge is 0.395 e. The summed E-state index contributed by atoms with van der Waals surface area (Å²) in [5, 5.41) is 10.9. The van der Waals surface area contributed by atoms with Crippen LogP contribution in [0.5, 0.6) is 0 Å². The van der Waals surface area contributed by atoms with Crippen molar-refractivity contribution in [3.8, 4) is 0 Å². The minimum absolute atomic E-state index is 0.0759. The van der Waals surface area contributed by atoms with Crippen molar-refractivity contribution in [2.45, 2.75) is 13.5 Å². The number of amides is 1. The molecule has 0 radical (unpaired) electrons. The second kappa shape index (κ2) is 5.26. The number of carbonyl (C=O) groups is 1. The third-order valence-electron chi connectivity index (χ3n) is 1.73. The average Bonchev–Trinajstić information content (AvgIpc) is 2.20. The fourth-order valence-electron chi connectivity index (χ4n) is 1.08. The van der Waals surface area contributed by atoms with E-state index in [4.69, 9.17) is 5.11 Å². The van der Waals surface area contributed by atoms with E-state index in [0.29, 0.717) is 0 Å². The van der Waals surface area contributed by atoms with Gasteiger partial charge in [0.15, 0.2) is 0 Å². The van der Waals surface area contributed by atoms with Gasteiger partial charge in [0.25, 0.3) is 0 Å². The first-order valence-corrected chi connectivity index (χ1v) is 4.54. The van der Waals surface area contributed by atoms with Crippen LogP contribution in [0, 0.1) is 6.92 Å². The molecule has 0 saturated heterocycles. The molecule has 1 heterocycles. The Bertz CT molecular complexity index is 400. The van der Waals surface area contributed by atoms with E-state index in [9.17, 15) is 9.59 Å². The first-order chi connectivity index (χ1) is 7.13. The number of rotatable bonds is 4. The molecule has 82 valence electrons. The Hall–Kier alpha value is -1.69. The van der Waals surface area contributed by atoms with Gasteiger partial charge in [-0.05, 0) is 12.5 Å². The maximum atomic E-state index is 11.2. The lowest BCUT2D eigenvalue weighted by atomic mass is 10.4. The van der Waals surface area contributed by atoms with Crippen molar-refractivity contribution < 1.29 is 9.90 Å². The highest BCUT2D eigenvalue weighted by atomic mass is 16.3. The van der Waals surface area contributed by atoms with E-state index in [2.05, 4.69) is 10.3 Å². The highest BCUT2D eigenvalue weighted by molar-refractivity contribution is 5.75. The molecule has 0 fully saturated rings. The zero-order valence-electron chi connectivity index (χ0n) is 8.43. The van der Waals surface area contributed by atoms with Crippen LogP contribution in [0.1, 0.15) is 5.56 Å². The van der Waals surface area contributed by atoms with Crippen LogP contribution in [0.4, 0.5) is 0 Å². The fourth-order valence-corrected chi connectivity index (χ4v) is 1.08. The zero-order chi connectivity index (χ0) is 11.3. The third kappa shape index (κ3) is 3.51. The Morgan fingerprint density at radius 3 is 3.07 bits per heavy atom. The molecule has 0 aliphatic rings. The summed E-state index contributed by atoms with van der Waals surface area (Å²) >= 11 is 0. The second-order valence-corrected chi connectivity index (χ2v) is 3.12. The summed E-state index contributed by atoms with van der Waals surface area (Å²) in [7, 11) is 0. The van der Waals surface area contributed by atoms with E-state index in [1.54, 1.807) is 13.1 Å². The number of aliphatic hydroxyl groups excluding tert-OH is 1. The summed E-state index contributed by atoms with van der Waals surface area (Å²) in [6.45, 7) is 1.78. The lowest BCUT2D eigenvalue weighted by Crippen LogP contribution is -2.34. The number of aromatic nitrogens is 2. The van der Waals surface area contributed by atoms with Gasteiger partial charge in [-0.2, -0.15) is 0 Å². The van der Waals surface area contributed by atoms with E-state index in [1.807, 2.05) is 0 Å². The molecular formula is C9H13N3O3. The summed E-state index contributed by atoms with van der Waals surface area (Å²) < 4.78 is 1.22. The summed E-state index contributed by atoms with van der Waals surface area (Å²) in [4.78, 5) is 26.0. The molecule has 0 spiro atoms. The molecule has 1 rings (SSSR count). The highest BCUT2D eigenvalue weighted by Gasteiger charge is 2.03. The number of aliphatic hydroxyl groups is 1. The normalized spacial score (nSPS) is 10.0. The molecule has 1 amide bonds. The van der Waals surface area contributed by atoms with Crippen LogP contribution in [-0.4, -0.2) is 33.7 Å². The standard InChI is InChI=1S/C9H13N3O3/c1-7-4-11-9(15)12(5-7)6-8(14)10-2-3-13/h4-5,13H,2-3,6H2,1H3,(H,10,14). The van der Waals surface area contributed by atoms with Crippen LogP contribution >= 0.6 is 0 Å². The van der Waals surface area contributed by atoms with Gasteiger partial charge in [-0.3, -0.25) is 9.36 Å². The molecule has 1 aromatic heterocycles. The van der Waals surface area contributed by atoms with Gasteiger partial charge in [0.05, 0.1) is 6.61 Å². The van der Waals surface area contributed by atoms with Crippen LogP contribution < -0.4 is 11.0 Å². The molecular weight excluding hydrogens is 198 g/mol. The second-order valence-electron chi connectivity index (χ2n) is 3.12. The van der Waals surface area contributed by atoms with Crippen LogP contribution in [0.25, 0.3) is 0 Å². The predicted octanol–water partition coefficient (Wildman–Crippen LogP) is -1.34. The highest BCUT2D eigenvalue weighted by Crippen LogP contribution is 1.89. The number of carbonyl (C=O) groups excluding carboxylic acids is 1. The van der Waals surface area contributed by atoms with Gasteiger partial charge in [0.2, 0.25) is 5.91 Å². The minimum Gasteiger partial charge on any atom is -0.395 e. The van der Waals surface area contributed by atoms with Gasteiger partial charge in [0.1, 0.15) is 6.54 Å². The summed E-state index contributed by atoms with van der Waals surface area (Å²) in [5.74, 6) is -0.321. The Morgan fingerprint density at radius 2 is 2.40 bits per heavy atom. The van der Waals surface area contributed by atoms with E-state index in [1.165, 1.54) is 10.8 Å². The van der Waals surface area contributed by atoms with Crippen molar-refractivity contribution in [3.63, 3.8) is 0 Å². The molecule has 6 nitrogen and oxygen atoms in total. The Kier molecular flexibility index (Phi) is 3.99. The van der Waals surface area contributed by atoms with Gasteiger partial charge in [-0.15, -0.1) is 0 Å². The minimum atomic E-state index is -0.459. The molecule has 6 heteroatoms. The topological polar surface area (TPSA) is 84.2 Å². The maximum Gasteiger partial charge on any atom is 0.347 e. The summed E-state index contributed by atoms with van der Waals surface area (Å²) in [5.41, 5.74) is 0.351. The van der Waals surface area contributed by atoms with E-state index < -0.39 is 5.69 Å². The third-order valence-corrected chi connectivity index (χ3v) is 1.73. The first-order valence-electron chi connectivity index (χ1n) is 4.54. The number of nitrogens with zero attached hydrogens (tertiary/aromatic N) is 2. The van der Waals surface area contributed by atoms with E-state index >= 15 is 0 Å². The molecule has 1 aromatic rings. The van der Waals surface area contributed by atoms with Crippen molar-refractivity contribution in [3.05, 3.63) is 28.4 Å². The number of hydrogen-bond acceptors (Lipinski definition) is 4. The van der Waals surface area contributed by atoms with Crippen molar-refractivity contribution >= 4 is 5.91 Å². The van der Waals surface area contributed by atoms with Crippen molar-refractivity contribution in [1.29, 1.82) is 0 Å². The number of nitrogens with one attached hydrogen (secondary N) is 1. The summed E-state index contributed by atoms with van der Waals surface area (Å²) in [6, 6.07) is 0. The van der Waals surface area contributed by atoms with E-state index in [-0.39, 0.29) is 25.6 Å². The quantitative estimate of drug-likeness (QED) is 0.645. The summed E-state index contributed by atoms with van der Waals surface area (Å²) in [6.07, 6.45) is 3.01. The predicted molar refractivity (Wildman–Crippen MR) is 53.3 cm³/mol. The van der Waals surface area contributed by atoms with Crippen LogP contribution in [-0.2, 0) is 11.3 Å². The van der Waals surface area contributed by atoms with Crippen molar-refractivity contribution in [1.82, 2.24) is 14.9 Å². The van der Waals surface area contributed by atoms with Gasteiger partial charge < -0.3 is 10.4 Å². The van der Waals surface area contributed by atoms with Crippen LogP contribution in [0.2, 0.25) is 0 Å². The maximum absolute atomic E-state index is 11.2. The lowest BCUT2D eigenvalue weighted by Gasteiger charge is -2.05. The Labute approximate surface area is 86.6 Å². The number of hydrogen-bond donors (Lipinski definition) is 2. The fraction of sp³-hybridized carbons (Fsp3) is 0.444. The monoisotopic (exact) mass is 211 g/mol. The Morgan fingerprint density at radius 1 is 1.67 bits per heavy atom. The smallest absolute Gasteiger partial charge is 0.347 e. The van der Waals surface area contributed by atoms with Gasteiger partial charge in [-0.25, -0.2) is 9.78 Å². The molecule has 2 N–H and O–H groups in total. The van der Waals surface area contributed by atoms with Crippen molar-refractivity contribution in [2.24, 2.45) is 0 Å². The van der Waals surface area contributed by atoms with Crippen LogP contribution in [0.3, 0.4) is 0 Å². The van der Waals surface area contributed by atoms with Crippen molar-refractivity contribution in [2.75, 3.05) is 13.2 Å². The molecule has 0 aliphatic carbocycles. The SMILES string of the molecule is Cc1cnc(=O)n(CC(=O)NCCO)c1. The van der Waals surface area contributed by atoms with Crippen LogP contribution in [0.15, 0.2) is 17.2 Å². The van der Waals surface area contributed by atoms with Gasteiger partial charge in [0, 0.05) is 18.9 Å². The molecule has 0 unspecified atom stereocenters. The molecule has 0 atom stereocenters. The lowest BCUT2D eigenvalue weighted by molar-refractivity contribution is -0.121. The Balaban J connectivity index is 2.68. The zero-order valence-corrected chi connectivity index (χ0v) is 8.43. The van der Waals surface area contributed by atoms with Gasteiger partial charge >= 0.3 is 5.69 Å². The molecule has 0 aromatic carbocycles. The van der Waals surface area contributed by atoms with E-state index in [0.717, 1.165) is 5.56 Å². The molecule has 0 aliphatic heterocycles. The molecule has 15 heavy (non-hydrogen) atoms. The average molecular weight is 211 g/mol. The molecule has 0 bridgehead atoms. The van der Waals surface area contributed by atoms with Gasteiger partial charge in [-0.1, -0.05) is 0 Å². The number of aryl methyl sites for hydroxylation is 1.